The Morgan fingerprint density at radius 2 is 2.11 bits per heavy atom. The maximum Gasteiger partial charge on any atom is 0.106 e. The Balaban J connectivity index is 2.15. The summed E-state index contributed by atoms with van der Waals surface area (Å²) >= 11 is 4.01. The molecule has 1 fully saturated rings. The van der Waals surface area contributed by atoms with Gasteiger partial charge < -0.3 is 5.32 Å². The van der Waals surface area contributed by atoms with Crippen LogP contribution in [0.25, 0.3) is 0 Å². The van der Waals surface area contributed by atoms with Gasteiger partial charge in [0, 0.05) is 17.0 Å². The maximum atomic E-state index is 4.95. The average Bonchev–Trinajstić information content (AvgIpc) is 2.94. The highest BCUT2D eigenvalue weighted by Gasteiger charge is 2.24. The average molecular weight is 299 g/mol. The van der Waals surface area contributed by atoms with Crippen molar-refractivity contribution in [3.05, 3.63) is 15.6 Å². The number of nitrogens with zero attached hydrogens (tertiary/aromatic N) is 1. The Morgan fingerprint density at radius 3 is 2.63 bits per heavy atom. The fourth-order valence-electron chi connectivity index (χ4n) is 2.22. The van der Waals surface area contributed by atoms with E-state index in [9.17, 15) is 0 Å². The van der Waals surface area contributed by atoms with Gasteiger partial charge in [-0.1, -0.05) is 13.8 Å². The number of hydrogen-bond donors (Lipinski definition) is 1. The lowest BCUT2D eigenvalue weighted by Gasteiger charge is -2.20. The molecule has 19 heavy (non-hydrogen) atoms. The van der Waals surface area contributed by atoms with Crippen LogP contribution in [0.15, 0.2) is 0 Å². The Hall–Kier alpha value is -0.0600. The number of aromatic nitrogens is 1. The van der Waals surface area contributed by atoms with Crippen LogP contribution in [0.3, 0.4) is 0 Å². The van der Waals surface area contributed by atoms with E-state index in [1.807, 2.05) is 11.3 Å². The van der Waals surface area contributed by atoms with E-state index in [1.54, 1.807) is 0 Å². The summed E-state index contributed by atoms with van der Waals surface area (Å²) in [4.78, 5) is 6.39. The van der Waals surface area contributed by atoms with Crippen LogP contribution in [0.4, 0.5) is 0 Å². The molecule has 108 valence electrons. The first kappa shape index (κ1) is 15.3. The van der Waals surface area contributed by atoms with Gasteiger partial charge in [-0.3, -0.25) is 0 Å². The van der Waals surface area contributed by atoms with E-state index in [2.05, 4.69) is 51.7 Å². The van der Waals surface area contributed by atoms with Crippen molar-refractivity contribution >= 4 is 23.1 Å². The Morgan fingerprint density at radius 1 is 1.37 bits per heavy atom. The molecule has 1 aliphatic rings. The molecule has 0 amide bonds. The first-order chi connectivity index (χ1) is 8.87. The summed E-state index contributed by atoms with van der Waals surface area (Å²) in [5, 5.41) is 5.62. The molecule has 0 bridgehead atoms. The third-order valence-electron chi connectivity index (χ3n) is 3.28. The fraction of sp³-hybridized carbons (Fsp3) is 0.800. The van der Waals surface area contributed by atoms with Crippen molar-refractivity contribution in [1.82, 2.24) is 10.3 Å². The van der Waals surface area contributed by atoms with Crippen molar-refractivity contribution in [3.63, 3.8) is 0 Å². The minimum absolute atomic E-state index is 0.167. The monoisotopic (exact) mass is 298 g/mol. The summed E-state index contributed by atoms with van der Waals surface area (Å²) in [5.41, 5.74) is 1.48. The van der Waals surface area contributed by atoms with Crippen molar-refractivity contribution in [1.29, 1.82) is 0 Å². The number of thioether (sulfide) groups is 1. The molecule has 1 saturated heterocycles. The number of nitrogens with one attached hydrogen (secondary N) is 1. The van der Waals surface area contributed by atoms with Gasteiger partial charge in [-0.15, -0.1) is 11.3 Å². The molecular formula is C15H26N2S2. The number of hydrogen-bond acceptors (Lipinski definition) is 4. The van der Waals surface area contributed by atoms with Crippen LogP contribution in [0.5, 0.6) is 0 Å². The maximum absolute atomic E-state index is 4.95. The van der Waals surface area contributed by atoms with E-state index in [1.165, 1.54) is 34.2 Å². The van der Waals surface area contributed by atoms with Gasteiger partial charge in [0.15, 0.2) is 0 Å². The van der Waals surface area contributed by atoms with Crippen LogP contribution in [-0.2, 0) is 6.54 Å². The van der Waals surface area contributed by atoms with Crippen molar-refractivity contribution in [3.8, 4) is 0 Å². The highest BCUT2D eigenvalue weighted by atomic mass is 32.2. The molecule has 1 N–H and O–H groups in total. The van der Waals surface area contributed by atoms with Crippen LogP contribution < -0.4 is 5.32 Å². The van der Waals surface area contributed by atoms with Gasteiger partial charge in [-0.25, -0.2) is 4.98 Å². The molecule has 2 nitrogen and oxygen atoms in total. The van der Waals surface area contributed by atoms with Gasteiger partial charge >= 0.3 is 0 Å². The van der Waals surface area contributed by atoms with E-state index < -0.39 is 0 Å². The van der Waals surface area contributed by atoms with Crippen LogP contribution >= 0.6 is 23.1 Å². The van der Waals surface area contributed by atoms with Crippen molar-refractivity contribution in [2.75, 3.05) is 5.75 Å². The lowest BCUT2D eigenvalue weighted by atomic mass is 10.1. The summed E-state index contributed by atoms with van der Waals surface area (Å²) in [5.74, 6) is 1.82. The first-order valence-corrected chi connectivity index (χ1v) is 9.09. The predicted octanol–water partition coefficient (Wildman–Crippen LogP) is 4.72. The zero-order valence-corrected chi connectivity index (χ0v) is 14.4. The molecule has 1 atom stereocenters. The van der Waals surface area contributed by atoms with Gasteiger partial charge in [-0.05, 0) is 45.3 Å². The third-order valence-corrected chi connectivity index (χ3v) is 6.00. The van der Waals surface area contributed by atoms with E-state index in [4.69, 9.17) is 4.98 Å². The minimum atomic E-state index is 0.167. The zero-order chi connectivity index (χ0) is 14.0. The van der Waals surface area contributed by atoms with Gasteiger partial charge in [0.05, 0.1) is 10.9 Å². The molecule has 2 heterocycles. The van der Waals surface area contributed by atoms with Crippen LogP contribution in [0.2, 0.25) is 0 Å². The summed E-state index contributed by atoms with van der Waals surface area (Å²) in [6.07, 6.45) is 2.66. The van der Waals surface area contributed by atoms with Crippen molar-refractivity contribution in [2.24, 2.45) is 0 Å². The molecular weight excluding hydrogens is 272 g/mol. The summed E-state index contributed by atoms with van der Waals surface area (Å²) in [7, 11) is 0. The topological polar surface area (TPSA) is 24.9 Å². The normalized spacial score (nSPS) is 20.4. The molecule has 4 heteroatoms. The molecule has 0 aromatic carbocycles. The van der Waals surface area contributed by atoms with Gasteiger partial charge in [0.25, 0.3) is 0 Å². The number of thiazole rings is 1. The van der Waals surface area contributed by atoms with E-state index >= 15 is 0 Å². The molecule has 0 aliphatic carbocycles. The quantitative estimate of drug-likeness (QED) is 0.870. The molecule has 0 saturated carbocycles. The smallest absolute Gasteiger partial charge is 0.106 e. The van der Waals surface area contributed by atoms with Crippen LogP contribution in [-0.4, -0.2) is 16.3 Å². The van der Waals surface area contributed by atoms with Crippen LogP contribution in [0.1, 0.15) is 74.2 Å². The summed E-state index contributed by atoms with van der Waals surface area (Å²) in [6.45, 7) is 12.1. The molecule has 1 unspecified atom stereocenters. The van der Waals surface area contributed by atoms with Crippen LogP contribution in [0, 0.1) is 0 Å². The standard InChI is InChI=1S/C15H26N2S2/c1-10(2)13-12(9-16-15(3,4)5)19-14(17-13)11-7-6-8-18-11/h10-11,16H,6-9H2,1-5H3. The molecule has 0 spiro atoms. The van der Waals surface area contributed by atoms with E-state index in [-0.39, 0.29) is 5.54 Å². The second-order valence-electron chi connectivity index (χ2n) is 6.62. The summed E-state index contributed by atoms with van der Waals surface area (Å²) in [6, 6.07) is 0. The Kier molecular flexibility index (Phi) is 4.96. The van der Waals surface area contributed by atoms with Crippen molar-refractivity contribution in [2.45, 2.75) is 70.7 Å². The highest BCUT2D eigenvalue weighted by molar-refractivity contribution is 7.99. The van der Waals surface area contributed by atoms with Gasteiger partial charge in [0.1, 0.15) is 5.01 Å². The van der Waals surface area contributed by atoms with Gasteiger partial charge in [-0.2, -0.15) is 11.8 Å². The zero-order valence-electron chi connectivity index (χ0n) is 12.7. The second kappa shape index (κ2) is 6.15. The predicted molar refractivity (Wildman–Crippen MR) is 87.2 cm³/mol. The lowest BCUT2D eigenvalue weighted by Crippen LogP contribution is -2.35. The molecule has 1 aliphatic heterocycles. The fourth-order valence-corrected chi connectivity index (χ4v) is 4.89. The van der Waals surface area contributed by atoms with Crippen molar-refractivity contribution < 1.29 is 0 Å². The minimum Gasteiger partial charge on any atom is -0.307 e. The molecule has 2 rings (SSSR count). The highest BCUT2D eigenvalue weighted by Crippen LogP contribution is 2.42. The Labute approximate surface area is 125 Å². The Bertz CT molecular complexity index is 412. The van der Waals surface area contributed by atoms with Gasteiger partial charge in [0.2, 0.25) is 0 Å². The first-order valence-electron chi connectivity index (χ1n) is 7.23. The number of rotatable bonds is 4. The van der Waals surface area contributed by atoms with E-state index in [0.29, 0.717) is 11.2 Å². The third kappa shape index (κ3) is 4.20. The lowest BCUT2D eigenvalue weighted by molar-refractivity contribution is 0.425. The largest absolute Gasteiger partial charge is 0.307 e. The second-order valence-corrected chi connectivity index (χ2v) is 9.05. The summed E-state index contributed by atoms with van der Waals surface area (Å²) < 4.78 is 0. The molecule has 0 radical (unpaired) electrons. The molecule has 1 aromatic rings. The SMILES string of the molecule is CC(C)c1nc(C2CCCS2)sc1CNC(C)(C)C. The van der Waals surface area contributed by atoms with E-state index in [0.717, 1.165) is 6.54 Å². The molecule has 1 aromatic heterocycles.